The molecule has 1 aromatic rings. The van der Waals surface area contributed by atoms with Crippen LogP contribution in [0.5, 0.6) is 0 Å². The third-order valence-corrected chi connectivity index (χ3v) is 3.22. The Kier molecular flexibility index (Phi) is 4.06. The zero-order valence-corrected chi connectivity index (χ0v) is 10.2. The molecule has 0 unspecified atom stereocenters. The number of hydrogen-bond donors (Lipinski definition) is 2. The number of hydrogen-bond acceptors (Lipinski definition) is 4. The standard InChI is InChI=1S/C12H14F2N2O3/c13-9-8(1-4-15-10(9)14)11(18)16-12(7-17)2-5-19-6-3-12/h1,4,17H,2-3,5-7H2,(H,16,18). The van der Waals surface area contributed by atoms with Crippen molar-refractivity contribution in [3.8, 4) is 0 Å². The number of amides is 1. The van der Waals surface area contributed by atoms with Crippen LogP contribution in [-0.2, 0) is 4.74 Å². The normalized spacial score (nSPS) is 18.1. The molecule has 1 saturated heterocycles. The molecule has 0 aromatic carbocycles. The summed E-state index contributed by atoms with van der Waals surface area (Å²) in [7, 11) is 0. The second kappa shape index (κ2) is 5.58. The predicted octanol–water partition coefficient (Wildman–Crippen LogP) is 0.631. The maximum Gasteiger partial charge on any atom is 0.255 e. The average molecular weight is 272 g/mol. The summed E-state index contributed by atoms with van der Waals surface area (Å²) in [6, 6.07) is 1.10. The molecule has 0 aliphatic carbocycles. The SMILES string of the molecule is O=C(NC1(CO)CCOCC1)c1ccnc(F)c1F. The molecule has 1 aliphatic rings. The van der Waals surface area contributed by atoms with Crippen molar-refractivity contribution in [2.24, 2.45) is 0 Å². The molecule has 0 bridgehead atoms. The van der Waals surface area contributed by atoms with E-state index in [0.717, 1.165) is 12.3 Å². The molecule has 0 saturated carbocycles. The van der Waals surface area contributed by atoms with Gasteiger partial charge in [-0.3, -0.25) is 4.79 Å². The second-order valence-corrected chi connectivity index (χ2v) is 4.47. The molecule has 2 N–H and O–H groups in total. The van der Waals surface area contributed by atoms with Gasteiger partial charge in [0.15, 0.2) is 5.82 Å². The van der Waals surface area contributed by atoms with E-state index in [-0.39, 0.29) is 6.61 Å². The zero-order chi connectivity index (χ0) is 13.9. The third-order valence-electron chi connectivity index (χ3n) is 3.22. The first-order valence-electron chi connectivity index (χ1n) is 5.89. The van der Waals surface area contributed by atoms with Crippen LogP contribution in [0.1, 0.15) is 23.2 Å². The van der Waals surface area contributed by atoms with Gasteiger partial charge in [0.25, 0.3) is 5.91 Å². The van der Waals surface area contributed by atoms with Crippen LogP contribution in [0.25, 0.3) is 0 Å². The number of aromatic nitrogens is 1. The molecular weight excluding hydrogens is 258 g/mol. The predicted molar refractivity (Wildman–Crippen MR) is 61.5 cm³/mol. The van der Waals surface area contributed by atoms with Gasteiger partial charge in [0, 0.05) is 19.4 Å². The highest BCUT2D eigenvalue weighted by Gasteiger charge is 2.34. The first-order chi connectivity index (χ1) is 9.08. The highest BCUT2D eigenvalue weighted by Crippen LogP contribution is 2.21. The smallest absolute Gasteiger partial charge is 0.255 e. The summed E-state index contributed by atoms with van der Waals surface area (Å²) in [5, 5.41) is 12.0. The molecule has 1 aromatic heterocycles. The van der Waals surface area contributed by atoms with Crippen LogP contribution in [0, 0.1) is 11.8 Å². The molecule has 19 heavy (non-hydrogen) atoms. The van der Waals surface area contributed by atoms with Gasteiger partial charge < -0.3 is 15.2 Å². The zero-order valence-electron chi connectivity index (χ0n) is 10.2. The highest BCUT2D eigenvalue weighted by atomic mass is 19.2. The monoisotopic (exact) mass is 272 g/mol. The van der Waals surface area contributed by atoms with Gasteiger partial charge in [-0.1, -0.05) is 0 Å². The van der Waals surface area contributed by atoms with Crippen LogP contribution in [0.3, 0.4) is 0 Å². The first kappa shape index (κ1) is 13.8. The van der Waals surface area contributed by atoms with Crippen LogP contribution in [0.15, 0.2) is 12.3 Å². The van der Waals surface area contributed by atoms with Crippen LogP contribution in [-0.4, -0.2) is 41.4 Å². The van der Waals surface area contributed by atoms with Gasteiger partial charge in [-0.25, -0.2) is 9.37 Å². The Hall–Kier alpha value is -1.60. The summed E-state index contributed by atoms with van der Waals surface area (Å²) < 4.78 is 31.6. The molecule has 104 valence electrons. The van der Waals surface area contributed by atoms with E-state index >= 15 is 0 Å². The summed E-state index contributed by atoms with van der Waals surface area (Å²) in [5.74, 6) is -3.38. The molecular formula is C12H14F2N2O3. The van der Waals surface area contributed by atoms with Gasteiger partial charge in [-0.05, 0) is 18.9 Å². The van der Waals surface area contributed by atoms with Crippen molar-refractivity contribution >= 4 is 5.91 Å². The van der Waals surface area contributed by atoms with Crippen molar-refractivity contribution < 1.29 is 23.4 Å². The number of ether oxygens (including phenoxy) is 1. The molecule has 5 nitrogen and oxygen atoms in total. The minimum Gasteiger partial charge on any atom is -0.394 e. The largest absolute Gasteiger partial charge is 0.394 e. The molecule has 1 aliphatic heterocycles. The van der Waals surface area contributed by atoms with E-state index in [1.54, 1.807) is 0 Å². The second-order valence-electron chi connectivity index (χ2n) is 4.47. The number of pyridine rings is 1. The molecule has 2 rings (SSSR count). The van der Waals surface area contributed by atoms with E-state index < -0.39 is 28.8 Å². The molecule has 0 spiro atoms. The fourth-order valence-electron chi connectivity index (χ4n) is 1.99. The van der Waals surface area contributed by atoms with Crippen molar-refractivity contribution in [1.29, 1.82) is 0 Å². The molecule has 1 fully saturated rings. The van der Waals surface area contributed by atoms with Crippen LogP contribution >= 0.6 is 0 Å². The Bertz CT molecular complexity index is 476. The van der Waals surface area contributed by atoms with E-state index in [9.17, 15) is 18.7 Å². The van der Waals surface area contributed by atoms with Crippen molar-refractivity contribution in [2.75, 3.05) is 19.8 Å². The van der Waals surface area contributed by atoms with Crippen molar-refractivity contribution in [3.63, 3.8) is 0 Å². The number of carbonyl (C=O) groups is 1. The number of aliphatic hydroxyl groups is 1. The Morgan fingerprint density at radius 3 is 2.79 bits per heavy atom. The van der Waals surface area contributed by atoms with E-state index in [1.165, 1.54) is 0 Å². The minimum absolute atomic E-state index is 0.280. The Balaban J connectivity index is 2.17. The van der Waals surface area contributed by atoms with Gasteiger partial charge >= 0.3 is 0 Å². The average Bonchev–Trinajstić information content (AvgIpc) is 2.42. The Morgan fingerprint density at radius 1 is 1.47 bits per heavy atom. The minimum atomic E-state index is -1.32. The summed E-state index contributed by atoms with van der Waals surface area (Å²) >= 11 is 0. The van der Waals surface area contributed by atoms with Gasteiger partial charge in [-0.15, -0.1) is 0 Å². The maximum absolute atomic E-state index is 13.4. The fraction of sp³-hybridized carbons (Fsp3) is 0.500. The Labute approximate surface area is 108 Å². The van der Waals surface area contributed by atoms with E-state index in [0.29, 0.717) is 26.1 Å². The van der Waals surface area contributed by atoms with Crippen molar-refractivity contribution in [2.45, 2.75) is 18.4 Å². The van der Waals surface area contributed by atoms with Crippen LogP contribution in [0.2, 0.25) is 0 Å². The van der Waals surface area contributed by atoms with E-state index in [2.05, 4.69) is 10.3 Å². The molecule has 7 heteroatoms. The topological polar surface area (TPSA) is 71.5 Å². The number of nitrogens with zero attached hydrogens (tertiary/aromatic N) is 1. The number of carbonyl (C=O) groups excluding carboxylic acids is 1. The number of rotatable bonds is 3. The molecule has 0 atom stereocenters. The lowest BCUT2D eigenvalue weighted by molar-refractivity contribution is 0.0124. The maximum atomic E-state index is 13.4. The Morgan fingerprint density at radius 2 is 2.16 bits per heavy atom. The van der Waals surface area contributed by atoms with Crippen molar-refractivity contribution in [3.05, 3.63) is 29.6 Å². The lowest BCUT2D eigenvalue weighted by atomic mass is 9.90. The van der Waals surface area contributed by atoms with Crippen molar-refractivity contribution in [1.82, 2.24) is 10.3 Å². The fourth-order valence-corrected chi connectivity index (χ4v) is 1.99. The van der Waals surface area contributed by atoms with Gasteiger partial charge in [0.05, 0.1) is 17.7 Å². The summed E-state index contributed by atoms with van der Waals surface area (Å²) in [6.45, 7) is 0.513. The van der Waals surface area contributed by atoms with Crippen LogP contribution < -0.4 is 5.32 Å². The summed E-state index contributed by atoms with van der Waals surface area (Å²) in [5.41, 5.74) is -1.27. The quantitative estimate of drug-likeness (QED) is 0.792. The number of halogens is 2. The summed E-state index contributed by atoms with van der Waals surface area (Å²) in [4.78, 5) is 15.1. The van der Waals surface area contributed by atoms with E-state index in [4.69, 9.17) is 4.74 Å². The molecule has 0 radical (unpaired) electrons. The van der Waals surface area contributed by atoms with Gasteiger partial charge in [0.1, 0.15) is 0 Å². The molecule has 1 amide bonds. The van der Waals surface area contributed by atoms with Gasteiger partial charge in [-0.2, -0.15) is 4.39 Å². The number of nitrogens with one attached hydrogen (secondary N) is 1. The number of aliphatic hydroxyl groups excluding tert-OH is 1. The summed E-state index contributed by atoms with van der Waals surface area (Å²) in [6.07, 6.45) is 1.86. The molecule has 2 heterocycles. The first-order valence-corrected chi connectivity index (χ1v) is 5.89. The highest BCUT2D eigenvalue weighted by molar-refractivity contribution is 5.94. The lowest BCUT2D eigenvalue weighted by Crippen LogP contribution is -2.54. The van der Waals surface area contributed by atoms with Crippen LogP contribution in [0.4, 0.5) is 8.78 Å². The van der Waals surface area contributed by atoms with Gasteiger partial charge in [0.2, 0.25) is 5.95 Å². The lowest BCUT2D eigenvalue weighted by Gasteiger charge is -2.36. The van der Waals surface area contributed by atoms with E-state index in [1.807, 2.05) is 0 Å². The third kappa shape index (κ3) is 2.87.